The molecule has 1 unspecified atom stereocenters. The van der Waals surface area contributed by atoms with Crippen LogP contribution in [0.15, 0.2) is 22.8 Å². The number of aromatic nitrogens is 1. The molecule has 1 heterocycles. The first kappa shape index (κ1) is 11.6. The fraction of sp³-hybridized carbons (Fsp3) is 0.500. The molecule has 0 spiro atoms. The molecule has 1 aliphatic rings. The number of rotatable bonds is 4. The summed E-state index contributed by atoms with van der Waals surface area (Å²) in [6.45, 7) is 2.93. The molecule has 4 heteroatoms. The van der Waals surface area contributed by atoms with Gasteiger partial charge in [0.2, 0.25) is 0 Å². The van der Waals surface area contributed by atoms with Gasteiger partial charge in [-0.25, -0.2) is 4.98 Å². The average molecular weight is 283 g/mol. The molecule has 3 nitrogen and oxygen atoms in total. The lowest BCUT2D eigenvalue weighted by atomic mass is 10.1. The lowest BCUT2D eigenvalue weighted by Gasteiger charge is -2.10. The minimum atomic E-state index is -0.0891. The van der Waals surface area contributed by atoms with Crippen LogP contribution < -0.4 is 5.32 Å². The van der Waals surface area contributed by atoms with Gasteiger partial charge in [-0.2, -0.15) is 0 Å². The van der Waals surface area contributed by atoms with Crippen molar-refractivity contribution in [1.82, 2.24) is 10.3 Å². The topological polar surface area (TPSA) is 42.0 Å². The minimum absolute atomic E-state index is 0.0891. The molecule has 1 aliphatic carbocycles. The van der Waals surface area contributed by atoms with Crippen molar-refractivity contribution < 1.29 is 4.79 Å². The first-order valence-electron chi connectivity index (χ1n) is 5.57. The van der Waals surface area contributed by atoms with Crippen molar-refractivity contribution in [3.63, 3.8) is 0 Å². The van der Waals surface area contributed by atoms with Gasteiger partial charge < -0.3 is 5.32 Å². The number of nitrogens with one attached hydrogen (secondary N) is 1. The van der Waals surface area contributed by atoms with Crippen LogP contribution in [-0.2, 0) is 0 Å². The highest BCUT2D eigenvalue weighted by Gasteiger charge is 2.27. The van der Waals surface area contributed by atoms with Crippen LogP contribution in [0.3, 0.4) is 0 Å². The van der Waals surface area contributed by atoms with Crippen molar-refractivity contribution in [3.8, 4) is 0 Å². The molecular weight excluding hydrogens is 268 g/mol. The highest BCUT2D eigenvalue weighted by Crippen LogP contribution is 2.36. The molecule has 1 amide bonds. The highest BCUT2D eigenvalue weighted by molar-refractivity contribution is 9.10. The quantitative estimate of drug-likeness (QED) is 0.863. The zero-order valence-electron chi connectivity index (χ0n) is 9.24. The lowest BCUT2D eigenvalue weighted by Crippen LogP contribution is -2.29. The third-order valence-corrected chi connectivity index (χ3v) is 3.40. The van der Waals surface area contributed by atoms with Crippen LogP contribution >= 0.6 is 15.9 Å². The van der Waals surface area contributed by atoms with Gasteiger partial charge in [0.1, 0.15) is 10.3 Å². The summed E-state index contributed by atoms with van der Waals surface area (Å²) < 4.78 is 0.690. The number of hydrogen-bond acceptors (Lipinski definition) is 2. The Labute approximate surface area is 104 Å². The van der Waals surface area contributed by atoms with E-state index in [1.54, 1.807) is 6.07 Å². The van der Waals surface area contributed by atoms with Crippen LogP contribution in [0.2, 0.25) is 0 Å². The van der Waals surface area contributed by atoms with E-state index in [0.29, 0.717) is 16.2 Å². The summed E-state index contributed by atoms with van der Waals surface area (Å²) in [6.07, 6.45) is 2.62. The number of halogens is 1. The molecule has 0 aliphatic heterocycles. The number of hydrogen-bond donors (Lipinski definition) is 1. The normalized spacial score (nSPS) is 16.9. The molecule has 1 N–H and O–H groups in total. The van der Waals surface area contributed by atoms with Gasteiger partial charge in [-0.05, 0) is 52.7 Å². The third kappa shape index (κ3) is 3.04. The Hall–Kier alpha value is -0.900. The summed E-state index contributed by atoms with van der Waals surface area (Å²) in [6, 6.07) is 5.35. The van der Waals surface area contributed by atoms with Gasteiger partial charge in [-0.3, -0.25) is 4.79 Å². The Kier molecular flexibility index (Phi) is 3.59. The van der Waals surface area contributed by atoms with E-state index in [9.17, 15) is 4.79 Å². The molecule has 16 heavy (non-hydrogen) atoms. The Morgan fingerprint density at radius 3 is 3.00 bits per heavy atom. The monoisotopic (exact) mass is 282 g/mol. The van der Waals surface area contributed by atoms with Crippen LogP contribution in [0.4, 0.5) is 0 Å². The van der Waals surface area contributed by atoms with E-state index in [-0.39, 0.29) is 5.91 Å². The molecule has 1 atom stereocenters. The molecule has 2 rings (SSSR count). The predicted octanol–water partition coefficient (Wildman–Crippen LogP) is 2.62. The number of carbonyl (C=O) groups is 1. The van der Waals surface area contributed by atoms with Crippen LogP contribution in [-0.4, -0.2) is 17.4 Å². The van der Waals surface area contributed by atoms with E-state index in [4.69, 9.17) is 0 Å². The molecule has 0 saturated heterocycles. The van der Waals surface area contributed by atoms with E-state index in [2.05, 4.69) is 33.2 Å². The fourth-order valence-electron chi connectivity index (χ4n) is 1.71. The third-order valence-electron chi connectivity index (χ3n) is 2.96. The number of carbonyl (C=O) groups excluding carboxylic acids is 1. The Morgan fingerprint density at radius 1 is 1.62 bits per heavy atom. The maximum absolute atomic E-state index is 11.7. The van der Waals surface area contributed by atoms with Gasteiger partial charge in [0.05, 0.1) is 0 Å². The van der Waals surface area contributed by atoms with Gasteiger partial charge >= 0.3 is 0 Å². The molecule has 0 bridgehead atoms. The molecule has 1 aromatic heterocycles. The second-order valence-electron chi connectivity index (χ2n) is 4.37. The van der Waals surface area contributed by atoms with Gasteiger partial charge in [0, 0.05) is 6.54 Å². The standard InChI is InChI=1S/C12H15BrN2O/c1-8(9-5-6-9)7-14-12(16)10-3-2-4-11(13)15-10/h2-4,8-9H,5-7H2,1H3,(H,14,16). The maximum atomic E-state index is 11.7. The van der Waals surface area contributed by atoms with Gasteiger partial charge in [0.15, 0.2) is 0 Å². The second kappa shape index (κ2) is 4.95. The minimum Gasteiger partial charge on any atom is -0.350 e. The number of pyridine rings is 1. The van der Waals surface area contributed by atoms with Crippen molar-refractivity contribution in [2.24, 2.45) is 11.8 Å². The van der Waals surface area contributed by atoms with Gasteiger partial charge in [-0.15, -0.1) is 0 Å². The summed E-state index contributed by atoms with van der Waals surface area (Å²) >= 11 is 3.25. The van der Waals surface area contributed by atoms with Crippen LogP contribution in [0.5, 0.6) is 0 Å². The van der Waals surface area contributed by atoms with E-state index in [1.165, 1.54) is 12.8 Å². The zero-order valence-corrected chi connectivity index (χ0v) is 10.8. The number of nitrogens with zero attached hydrogens (tertiary/aromatic N) is 1. The van der Waals surface area contributed by atoms with Gasteiger partial charge in [-0.1, -0.05) is 13.0 Å². The average Bonchev–Trinajstić information content (AvgIpc) is 3.09. The Morgan fingerprint density at radius 2 is 2.38 bits per heavy atom. The maximum Gasteiger partial charge on any atom is 0.269 e. The van der Waals surface area contributed by atoms with E-state index >= 15 is 0 Å². The summed E-state index contributed by atoms with van der Waals surface area (Å²) in [5, 5.41) is 2.92. The molecular formula is C12H15BrN2O. The molecule has 1 saturated carbocycles. The fourth-order valence-corrected chi connectivity index (χ4v) is 2.05. The van der Waals surface area contributed by atoms with Crippen LogP contribution in [0.1, 0.15) is 30.3 Å². The lowest BCUT2D eigenvalue weighted by molar-refractivity contribution is 0.0941. The molecule has 86 valence electrons. The summed E-state index contributed by atoms with van der Waals surface area (Å²) in [4.78, 5) is 15.9. The first-order valence-corrected chi connectivity index (χ1v) is 6.37. The smallest absolute Gasteiger partial charge is 0.269 e. The van der Waals surface area contributed by atoms with E-state index in [0.717, 1.165) is 12.5 Å². The van der Waals surface area contributed by atoms with Crippen molar-refractivity contribution in [2.45, 2.75) is 19.8 Å². The van der Waals surface area contributed by atoms with Crippen molar-refractivity contribution >= 4 is 21.8 Å². The molecule has 0 radical (unpaired) electrons. The first-order chi connectivity index (χ1) is 7.66. The predicted molar refractivity (Wildman–Crippen MR) is 66.2 cm³/mol. The Balaban J connectivity index is 1.87. The van der Waals surface area contributed by atoms with Crippen LogP contribution in [0.25, 0.3) is 0 Å². The zero-order chi connectivity index (χ0) is 11.5. The van der Waals surface area contributed by atoms with Crippen molar-refractivity contribution in [3.05, 3.63) is 28.5 Å². The highest BCUT2D eigenvalue weighted by atomic mass is 79.9. The van der Waals surface area contributed by atoms with Crippen LogP contribution in [0, 0.1) is 11.8 Å². The van der Waals surface area contributed by atoms with Crippen molar-refractivity contribution in [2.75, 3.05) is 6.54 Å². The second-order valence-corrected chi connectivity index (χ2v) is 5.18. The summed E-state index contributed by atoms with van der Waals surface area (Å²) in [7, 11) is 0. The SMILES string of the molecule is CC(CNC(=O)c1cccc(Br)n1)C1CC1. The Bertz CT molecular complexity index is 390. The largest absolute Gasteiger partial charge is 0.350 e. The number of amides is 1. The van der Waals surface area contributed by atoms with E-state index < -0.39 is 0 Å². The summed E-state index contributed by atoms with van der Waals surface area (Å²) in [5.41, 5.74) is 0.470. The summed E-state index contributed by atoms with van der Waals surface area (Å²) in [5.74, 6) is 1.31. The molecule has 0 aromatic carbocycles. The molecule has 1 aromatic rings. The molecule has 1 fully saturated rings. The van der Waals surface area contributed by atoms with Crippen molar-refractivity contribution in [1.29, 1.82) is 0 Å². The van der Waals surface area contributed by atoms with Gasteiger partial charge in [0.25, 0.3) is 5.91 Å². The van der Waals surface area contributed by atoms with E-state index in [1.807, 2.05) is 12.1 Å².